The molecule has 0 saturated carbocycles. The summed E-state index contributed by atoms with van der Waals surface area (Å²) in [6.45, 7) is 2.72. The van der Waals surface area contributed by atoms with E-state index in [4.69, 9.17) is 4.74 Å². The van der Waals surface area contributed by atoms with Gasteiger partial charge in [-0.05, 0) is 32.0 Å². The van der Waals surface area contributed by atoms with Crippen molar-refractivity contribution in [2.45, 2.75) is 13.8 Å². The highest BCUT2D eigenvalue weighted by atomic mass is 16.5. The number of aromatic nitrogens is 1. The molecule has 0 spiro atoms. The predicted octanol–water partition coefficient (Wildman–Crippen LogP) is 1.66. The van der Waals surface area contributed by atoms with Gasteiger partial charge in [-0.15, -0.1) is 0 Å². The molecule has 0 N–H and O–H groups in total. The van der Waals surface area contributed by atoms with Crippen molar-refractivity contribution in [1.29, 1.82) is 0 Å². The number of nitrogens with zero attached hydrogens (tertiary/aromatic N) is 2. The second-order valence-electron chi connectivity index (χ2n) is 6.17. The van der Waals surface area contributed by atoms with Crippen molar-refractivity contribution in [1.82, 2.24) is 9.47 Å². The topological polar surface area (TPSA) is 85.7 Å². The molecule has 2 heterocycles. The molecule has 134 valence electrons. The molecule has 2 amide bonds. The van der Waals surface area contributed by atoms with Crippen molar-refractivity contribution in [2.75, 3.05) is 13.2 Å². The van der Waals surface area contributed by atoms with Gasteiger partial charge in [-0.25, -0.2) is 0 Å². The van der Waals surface area contributed by atoms with E-state index in [1.165, 1.54) is 12.1 Å². The van der Waals surface area contributed by atoms with Gasteiger partial charge in [0.05, 0.1) is 11.1 Å². The normalized spacial score (nSPS) is 13.1. The maximum Gasteiger partial charge on any atom is 0.326 e. The van der Waals surface area contributed by atoms with Crippen molar-refractivity contribution < 1.29 is 23.9 Å². The Labute approximate surface area is 150 Å². The molecule has 0 aliphatic carbocycles. The Hall–Kier alpha value is -3.22. The standard InChI is InChI=1S/C19H18N2O5/c1-11-8-15(12(2)20(11)3)16(22)10-26-17(23)9-21-18(24)13-6-4-5-7-14(13)19(21)25/h4-8H,9-10H2,1-3H3. The average molecular weight is 354 g/mol. The molecular weight excluding hydrogens is 336 g/mol. The van der Waals surface area contributed by atoms with Crippen molar-refractivity contribution in [3.63, 3.8) is 0 Å². The lowest BCUT2D eigenvalue weighted by atomic mass is 10.1. The molecule has 0 radical (unpaired) electrons. The summed E-state index contributed by atoms with van der Waals surface area (Å²) < 4.78 is 6.84. The minimum Gasteiger partial charge on any atom is -0.456 e. The van der Waals surface area contributed by atoms with Crippen LogP contribution in [0.2, 0.25) is 0 Å². The number of fused-ring (bicyclic) bond motifs is 1. The summed E-state index contributed by atoms with van der Waals surface area (Å²) in [5.41, 5.74) is 2.71. The molecule has 3 rings (SSSR count). The minimum atomic E-state index is -0.807. The Morgan fingerprint density at radius 2 is 1.62 bits per heavy atom. The molecule has 0 saturated heterocycles. The van der Waals surface area contributed by atoms with E-state index in [2.05, 4.69) is 0 Å². The summed E-state index contributed by atoms with van der Waals surface area (Å²) in [4.78, 5) is 49.5. The highest BCUT2D eigenvalue weighted by Crippen LogP contribution is 2.22. The number of amides is 2. The van der Waals surface area contributed by atoms with Gasteiger partial charge in [-0.3, -0.25) is 24.1 Å². The van der Waals surface area contributed by atoms with E-state index in [1.807, 2.05) is 18.5 Å². The highest BCUT2D eigenvalue weighted by molar-refractivity contribution is 6.22. The number of rotatable bonds is 5. The van der Waals surface area contributed by atoms with Crippen LogP contribution in [0.3, 0.4) is 0 Å². The van der Waals surface area contributed by atoms with Crippen molar-refractivity contribution in [2.24, 2.45) is 7.05 Å². The van der Waals surface area contributed by atoms with Gasteiger partial charge in [0.15, 0.2) is 6.61 Å². The van der Waals surface area contributed by atoms with Gasteiger partial charge in [0, 0.05) is 24.0 Å². The van der Waals surface area contributed by atoms with Crippen LogP contribution in [0.15, 0.2) is 30.3 Å². The van der Waals surface area contributed by atoms with Gasteiger partial charge in [-0.1, -0.05) is 12.1 Å². The van der Waals surface area contributed by atoms with E-state index in [9.17, 15) is 19.2 Å². The Morgan fingerprint density at radius 1 is 1.04 bits per heavy atom. The maximum atomic E-state index is 12.2. The molecule has 7 nitrogen and oxygen atoms in total. The molecule has 26 heavy (non-hydrogen) atoms. The van der Waals surface area contributed by atoms with Crippen LogP contribution in [0, 0.1) is 13.8 Å². The molecule has 0 unspecified atom stereocenters. The number of imide groups is 1. The van der Waals surface area contributed by atoms with Gasteiger partial charge in [0.25, 0.3) is 11.8 Å². The molecule has 7 heteroatoms. The Kier molecular flexibility index (Phi) is 4.46. The fourth-order valence-corrected chi connectivity index (χ4v) is 2.92. The SMILES string of the molecule is Cc1cc(C(=O)COC(=O)CN2C(=O)c3ccccc3C2=O)c(C)n1C. The first-order chi connectivity index (χ1) is 12.3. The van der Waals surface area contributed by atoms with E-state index in [0.29, 0.717) is 5.56 Å². The molecule has 1 aromatic heterocycles. The van der Waals surface area contributed by atoms with Gasteiger partial charge in [-0.2, -0.15) is 0 Å². The molecule has 0 atom stereocenters. The Morgan fingerprint density at radius 3 is 2.12 bits per heavy atom. The van der Waals surface area contributed by atoms with E-state index in [0.717, 1.165) is 16.3 Å². The number of carbonyl (C=O) groups is 4. The largest absolute Gasteiger partial charge is 0.456 e. The van der Waals surface area contributed by atoms with Crippen LogP contribution >= 0.6 is 0 Å². The number of ether oxygens (including phenoxy) is 1. The Balaban J connectivity index is 1.62. The Bertz CT molecular complexity index is 906. The first-order valence-corrected chi connectivity index (χ1v) is 8.08. The van der Waals surface area contributed by atoms with Crippen molar-refractivity contribution >= 4 is 23.6 Å². The molecule has 0 fully saturated rings. The third kappa shape index (κ3) is 2.92. The minimum absolute atomic E-state index is 0.261. The predicted molar refractivity (Wildman–Crippen MR) is 92.0 cm³/mol. The number of hydrogen-bond donors (Lipinski definition) is 0. The first kappa shape index (κ1) is 17.6. The van der Waals surface area contributed by atoms with Crippen LogP contribution < -0.4 is 0 Å². The lowest BCUT2D eigenvalue weighted by Crippen LogP contribution is -2.36. The van der Waals surface area contributed by atoms with Gasteiger partial charge < -0.3 is 9.30 Å². The molecule has 1 aliphatic heterocycles. The van der Waals surface area contributed by atoms with E-state index in [1.54, 1.807) is 25.1 Å². The second-order valence-corrected chi connectivity index (χ2v) is 6.17. The van der Waals surface area contributed by atoms with Gasteiger partial charge in [0.2, 0.25) is 5.78 Å². The van der Waals surface area contributed by atoms with Crippen molar-refractivity contribution in [3.05, 3.63) is 58.4 Å². The molecule has 1 aromatic carbocycles. The summed E-state index contributed by atoms with van der Waals surface area (Å²) in [6, 6.07) is 8.09. The lowest BCUT2D eigenvalue weighted by molar-refractivity contribution is -0.142. The zero-order valence-corrected chi connectivity index (χ0v) is 14.7. The summed E-state index contributed by atoms with van der Waals surface area (Å²) in [5.74, 6) is -2.22. The smallest absolute Gasteiger partial charge is 0.326 e. The third-order valence-corrected chi connectivity index (χ3v) is 4.61. The number of benzene rings is 1. The maximum absolute atomic E-state index is 12.2. The molecule has 0 bridgehead atoms. The molecule has 2 aromatic rings. The highest BCUT2D eigenvalue weighted by Gasteiger charge is 2.36. The third-order valence-electron chi connectivity index (χ3n) is 4.61. The number of aryl methyl sites for hydroxylation is 1. The van der Waals surface area contributed by atoms with Crippen LogP contribution in [-0.4, -0.2) is 46.2 Å². The fraction of sp³-hybridized carbons (Fsp3) is 0.263. The monoisotopic (exact) mass is 354 g/mol. The van der Waals surface area contributed by atoms with Gasteiger partial charge >= 0.3 is 5.97 Å². The molecular formula is C19H18N2O5. The number of Topliss-reactive ketones (excluding diaryl/α,β-unsaturated/α-hetero) is 1. The first-order valence-electron chi connectivity index (χ1n) is 8.08. The van der Waals surface area contributed by atoms with Crippen LogP contribution in [0.25, 0.3) is 0 Å². The lowest BCUT2D eigenvalue weighted by Gasteiger charge is -2.12. The van der Waals surface area contributed by atoms with E-state index >= 15 is 0 Å². The van der Waals surface area contributed by atoms with E-state index in [-0.39, 0.29) is 16.9 Å². The number of ketones is 1. The summed E-state index contributed by atoms with van der Waals surface area (Å²) >= 11 is 0. The van der Waals surface area contributed by atoms with Crippen molar-refractivity contribution in [3.8, 4) is 0 Å². The number of esters is 1. The fourth-order valence-electron chi connectivity index (χ4n) is 2.92. The zero-order valence-electron chi connectivity index (χ0n) is 14.7. The van der Waals surface area contributed by atoms with Crippen LogP contribution in [0.5, 0.6) is 0 Å². The second kappa shape index (κ2) is 6.59. The molecule has 1 aliphatic rings. The van der Waals surface area contributed by atoms with Crippen LogP contribution in [0.1, 0.15) is 42.5 Å². The number of hydrogen-bond acceptors (Lipinski definition) is 5. The summed E-state index contributed by atoms with van der Waals surface area (Å²) in [7, 11) is 1.84. The number of carbonyl (C=O) groups excluding carboxylic acids is 4. The summed E-state index contributed by atoms with van der Waals surface area (Å²) in [6.07, 6.45) is 0. The quantitative estimate of drug-likeness (QED) is 0.463. The van der Waals surface area contributed by atoms with E-state index < -0.39 is 30.9 Å². The zero-order chi connectivity index (χ0) is 19.0. The summed E-state index contributed by atoms with van der Waals surface area (Å²) in [5, 5.41) is 0. The van der Waals surface area contributed by atoms with Crippen LogP contribution in [-0.2, 0) is 16.6 Å². The average Bonchev–Trinajstić information content (AvgIpc) is 3.03. The van der Waals surface area contributed by atoms with Crippen LogP contribution in [0.4, 0.5) is 0 Å². The van der Waals surface area contributed by atoms with Gasteiger partial charge in [0.1, 0.15) is 6.54 Å².